The molecule has 5 heterocycles. The van der Waals surface area contributed by atoms with Crippen molar-refractivity contribution in [2.45, 2.75) is 36.7 Å². The Labute approximate surface area is 217 Å². The van der Waals surface area contributed by atoms with Gasteiger partial charge in [-0.3, -0.25) is 9.29 Å². The average Bonchev–Trinajstić information content (AvgIpc) is 3.58. The van der Waals surface area contributed by atoms with Crippen molar-refractivity contribution in [3.05, 3.63) is 30.4 Å². The first-order valence-electron chi connectivity index (χ1n) is 11.7. The first-order chi connectivity index (χ1) is 18.3. The number of halogens is 1. The molecule has 2 aliphatic heterocycles. The van der Waals surface area contributed by atoms with Crippen molar-refractivity contribution < 1.29 is 32.1 Å². The van der Waals surface area contributed by atoms with Gasteiger partial charge in [-0.1, -0.05) is 0 Å². The van der Waals surface area contributed by atoms with Crippen LogP contribution in [-0.4, -0.2) is 93.5 Å². The van der Waals surface area contributed by atoms with E-state index in [-0.39, 0.29) is 48.9 Å². The van der Waals surface area contributed by atoms with Gasteiger partial charge in [0, 0.05) is 19.7 Å². The number of β-amino-alcohol motifs (C(OH)–C–C–N with tert-alkyl or cyclic N) is 1. The molecule has 0 bridgehead atoms. The topological polar surface area (TPSA) is 180 Å². The van der Waals surface area contributed by atoms with Gasteiger partial charge in [0.1, 0.15) is 17.7 Å². The van der Waals surface area contributed by atoms with E-state index >= 15 is 0 Å². The van der Waals surface area contributed by atoms with Crippen LogP contribution >= 0.6 is 0 Å². The van der Waals surface area contributed by atoms with E-state index in [1.165, 1.54) is 30.0 Å². The lowest BCUT2D eigenvalue weighted by atomic mass is 10.1. The van der Waals surface area contributed by atoms with Gasteiger partial charge in [0.05, 0.1) is 32.7 Å². The molecule has 3 aromatic rings. The molecule has 0 spiro atoms. The van der Waals surface area contributed by atoms with Gasteiger partial charge in [-0.2, -0.15) is 9.97 Å². The highest BCUT2D eigenvalue weighted by Crippen LogP contribution is 2.37. The third kappa shape index (κ3) is 5.03. The number of hydrogen-bond acceptors (Lipinski definition) is 13. The maximum Gasteiger partial charge on any atom is 0.245 e. The van der Waals surface area contributed by atoms with E-state index in [1.54, 1.807) is 0 Å². The Kier molecular flexibility index (Phi) is 7.22. The molecule has 0 radical (unpaired) electrons. The second-order valence-corrected chi connectivity index (χ2v) is 10.7. The lowest BCUT2D eigenvalue weighted by Gasteiger charge is -2.35. The number of nitrogens with zero attached hydrogens (tertiary/aromatic N) is 8. The van der Waals surface area contributed by atoms with E-state index in [4.69, 9.17) is 14.2 Å². The fourth-order valence-electron chi connectivity index (χ4n) is 4.50. The number of ether oxygens (including phenoxy) is 3. The van der Waals surface area contributed by atoms with Crippen LogP contribution in [0, 0.1) is 5.82 Å². The highest BCUT2D eigenvalue weighted by atomic mass is 32.2. The highest BCUT2D eigenvalue weighted by molar-refractivity contribution is 7.93. The van der Waals surface area contributed by atoms with Crippen molar-refractivity contribution in [1.29, 1.82) is 0 Å². The number of anilines is 2. The quantitative estimate of drug-likeness (QED) is 0.389. The molecule has 17 heteroatoms. The lowest BCUT2D eigenvalue weighted by molar-refractivity contribution is 0.103. The van der Waals surface area contributed by atoms with Gasteiger partial charge in [0.15, 0.2) is 17.3 Å². The summed E-state index contributed by atoms with van der Waals surface area (Å²) in [4.78, 5) is 17.6. The van der Waals surface area contributed by atoms with Gasteiger partial charge in [-0.15, -0.1) is 10.2 Å². The van der Waals surface area contributed by atoms with E-state index in [0.717, 1.165) is 18.8 Å². The van der Waals surface area contributed by atoms with Crippen LogP contribution in [0.4, 0.5) is 16.3 Å². The van der Waals surface area contributed by atoms with Crippen LogP contribution in [0.25, 0.3) is 5.69 Å². The van der Waals surface area contributed by atoms with Crippen LogP contribution in [0.15, 0.2) is 18.7 Å². The number of aliphatic hydroxyl groups is 1. The van der Waals surface area contributed by atoms with Crippen molar-refractivity contribution in [2.75, 3.05) is 43.5 Å². The molecule has 2 aliphatic rings. The van der Waals surface area contributed by atoms with Crippen molar-refractivity contribution in [2.24, 2.45) is 0 Å². The summed E-state index contributed by atoms with van der Waals surface area (Å²) in [7, 11) is -1.36. The van der Waals surface area contributed by atoms with Gasteiger partial charge in [0.25, 0.3) is 0 Å². The first kappa shape index (κ1) is 25.9. The number of piperidine rings is 1. The maximum atomic E-state index is 13.6. The van der Waals surface area contributed by atoms with Gasteiger partial charge < -0.3 is 24.2 Å². The summed E-state index contributed by atoms with van der Waals surface area (Å²) in [6.45, 7) is 0.554. The van der Waals surface area contributed by atoms with Crippen LogP contribution in [0.5, 0.6) is 11.8 Å². The van der Waals surface area contributed by atoms with E-state index in [2.05, 4.69) is 34.9 Å². The Morgan fingerprint density at radius 3 is 2.45 bits per heavy atom. The molecule has 3 aromatic heterocycles. The molecule has 5 rings (SSSR count). The van der Waals surface area contributed by atoms with Crippen molar-refractivity contribution >= 4 is 21.9 Å². The highest BCUT2D eigenvalue weighted by Gasteiger charge is 2.38. The molecule has 2 saturated heterocycles. The Hall–Kier alpha value is -3.70. The summed E-state index contributed by atoms with van der Waals surface area (Å²) in [5, 5.41) is 17.7. The molecule has 0 unspecified atom stereocenters. The summed E-state index contributed by atoms with van der Waals surface area (Å²) < 4.78 is 61.0. The minimum absolute atomic E-state index is 0.0498. The van der Waals surface area contributed by atoms with Gasteiger partial charge >= 0.3 is 0 Å². The molecule has 204 valence electrons. The summed E-state index contributed by atoms with van der Waals surface area (Å²) in [5.74, 6) is -0.171. The SMILES string of the molecule is COc1ncnc(OC)c1-n1c(NS(=O)(=O)[C@@H]2C[C@H](O)CN(c3ncc(F)cn3)C2)nnc1[C@@H]1CCCO1. The molecule has 2 N–H and O–H groups in total. The summed E-state index contributed by atoms with van der Waals surface area (Å²) >= 11 is 0. The van der Waals surface area contributed by atoms with Crippen LogP contribution in [0.3, 0.4) is 0 Å². The fourth-order valence-corrected chi connectivity index (χ4v) is 5.91. The van der Waals surface area contributed by atoms with E-state index < -0.39 is 33.3 Å². The smallest absolute Gasteiger partial charge is 0.245 e. The van der Waals surface area contributed by atoms with E-state index in [1.807, 2.05) is 0 Å². The molecule has 3 atom stereocenters. The third-order valence-electron chi connectivity index (χ3n) is 6.22. The van der Waals surface area contributed by atoms with Gasteiger partial charge in [-0.25, -0.2) is 22.8 Å². The van der Waals surface area contributed by atoms with Crippen LogP contribution in [0.2, 0.25) is 0 Å². The molecular formula is C21H26FN9O6S. The van der Waals surface area contributed by atoms with E-state index in [9.17, 15) is 17.9 Å². The third-order valence-corrected chi connectivity index (χ3v) is 7.91. The first-order valence-corrected chi connectivity index (χ1v) is 13.3. The van der Waals surface area contributed by atoms with Crippen molar-refractivity contribution in [3.63, 3.8) is 0 Å². The summed E-state index contributed by atoms with van der Waals surface area (Å²) in [6, 6.07) is 0. The minimum atomic E-state index is -4.17. The largest absolute Gasteiger partial charge is 0.479 e. The molecule has 2 fully saturated rings. The zero-order chi connectivity index (χ0) is 26.9. The lowest BCUT2D eigenvalue weighted by Crippen LogP contribution is -2.50. The van der Waals surface area contributed by atoms with E-state index in [0.29, 0.717) is 18.9 Å². The Bertz CT molecular complexity index is 1360. The average molecular weight is 552 g/mol. The number of aromatic nitrogens is 7. The Morgan fingerprint density at radius 1 is 1.11 bits per heavy atom. The predicted molar refractivity (Wildman–Crippen MR) is 129 cm³/mol. The number of hydrogen-bond donors (Lipinski definition) is 2. The normalized spacial score (nSPS) is 21.9. The van der Waals surface area contributed by atoms with Crippen molar-refractivity contribution in [3.8, 4) is 17.4 Å². The second kappa shape index (κ2) is 10.6. The number of nitrogens with one attached hydrogen (secondary N) is 1. The molecule has 38 heavy (non-hydrogen) atoms. The minimum Gasteiger partial charge on any atom is -0.479 e. The molecule has 0 aromatic carbocycles. The number of methoxy groups -OCH3 is 2. The zero-order valence-electron chi connectivity index (χ0n) is 20.6. The summed E-state index contributed by atoms with van der Waals surface area (Å²) in [5.41, 5.74) is 0.190. The fraction of sp³-hybridized carbons (Fsp3) is 0.524. The zero-order valence-corrected chi connectivity index (χ0v) is 21.4. The Balaban J connectivity index is 1.51. The van der Waals surface area contributed by atoms with Gasteiger partial charge in [-0.05, 0) is 19.3 Å². The monoisotopic (exact) mass is 551 g/mol. The standard InChI is InChI=1S/C21H26FN9O6S/c1-35-18-16(19(36-2)26-11-25-18)31-17(15-4-3-5-37-15)27-28-21(31)29-38(33,34)14-6-13(32)9-30(10-14)20-23-7-12(22)8-24-20/h7-8,11,13-15,32H,3-6,9-10H2,1-2H3,(H,28,29)/t13-,14+,15-/m0/s1. The van der Waals surface area contributed by atoms with Crippen molar-refractivity contribution in [1.82, 2.24) is 34.7 Å². The molecule has 0 aliphatic carbocycles. The second-order valence-electron chi connectivity index (χ2n) is 8.72. The number of aliphatic hydroxyl groups excluding tert-OH is 1. The predicted octanol–water partition coefficient (Wildman–Crippen LogP) is 0.237. The molecular weight excluding hydrogens is 525 g/mol. The molecule has 15 nitrogen and oxygen atoms in total. The van der Waals surface area contributed by atoms with Crippen LogP contribution in [-0.2, 0) is 14.8 Å². The molecule has 0 saturated carbocycles. The van der Waals surface area contributed by atoms with Crippen LogP contribution < -0.4 is 19.1 Å². The maximum absolute atomic E-state index is 13.6. The van der Waals surface area contributed by atoms with Gasteiger partial charge in [0.2, 0.25) is 33.7 Å². The van der Waals surface area contributed by atoms with Crippen LogP contribution in [0.1, 0.15) is 31.2 Å². The molecule has 0 amide bonds. The Morgan fingerprint density at radius 2 is 1.82 bits per heavy atom. The number of sulfonamides is 1. The number of rotatable bonds is 8. The summed E-state index contributed by atoms with van der Waals surface area (Å²) in [6.07, 6.45) is 3.12.